The fourth-order valence-corrected chi connectivity index (χ4v) is 1.46. The van der Waals surface area contributed by atoms with Crippen LogP contribution in [-0.4, -0.2) is 28.1 Å². The molecule has 4 N–H and O–H groups in total. The molecule has 0 aliphatic rings. The van der Waals surface area contributed by atoms with Crippen molar-refractivity contribution < 1.29 is 32.3 Å². The predicted molar refractivity (Wildman–Crippen MR) is 65.2 cm³/mol. The molecule has 0 saturated carbocycles. The first-order chi connectivity index (χ1) is 9.54. The summed E-state index contributed by atoms with van der Waals surface area (Å²) in [6.45, 7) is 1.84. The van der Waals surface area contributed by atoms with E-state index in [9.17, 15) is 22.4 Å². The van der Waals surface area contributed by atoms with Crippen molar-refractivity contribution in [1.82, 2.24) is 4.98 Å². The van der Waals surface area contributed by atoms with E-state index < -0.39 is 18.1 Å². The number of carbonyl (C=O) groups excluding carboxylic acids is 1. The summed E-state index contributed by atoms with van der Waals surface area (Å²) < 4.78 is 45.0. The van der Waals surface area contributed by atoms with Crippen LogP contribution in [0.4, 0.5) is 17.6 Å². The standard InChI is InChI=1S/C10H9FN2O.C2HF3O2/c1-5-2-3-7(11)6-4-8(10(12)14)13-9(5)6;3-2(4,5)1(6)7/h2-4,13H,1H3,(H2,12,14);(H,6,7). The molecule has 9 heteroatoms. The number of rotatable bonds is 1. The fourth-order valence-electron chi connectivity index (χ4n) is 1.46. The van der Waals surface area contributed by atoms with Gasteiger partial charge in [-0.1, -0.05) is 6.07 Å². The first kappa shape index (κ1) is 16.5. The van der Waals surface area contributed by atoms with Gasteiger partial charge in [-0.25, -0.2) is 9.18 Å². The van der Waals surface area contributed by atoms with Crippen LogP contribution in [-0.2, 0) is 4.79 Å². The number of amides is 1. The first-order valence-electron chi connectivity index (χ1n) is 5.41. The quantitative estimate of drug-likeness (QED) is 0.706. The third-order valence-corrected chi connectivity index (χ3v) is 2.46. The lowest BCUT2D eigenvalue weighted by Crippen LogP contribution is -2.21. The van der Waals surface area contributed by atoms with Crippen LogP contribution in [0.3, 0.4) is 0 Å². The Balaban J connectivity index is 0.000000270. The molecule has 21 heavy (non-hydrogen) atoms. The van der Waals surface area contributed by atoms with Gasteiger partial charge in [0.05, 0.1) is 5.52 Å². The lowest BCUT2D eigenvalue weighted by molar-refractivity contribution is -0.192. The van der Waals surface area contributed by atoms with Gasteiger partial charge in [-0.15, -0.1) is 0 Å². The number of aromatic nitrogens is 1. The highest BCUT2D eigenvalue weighted by atomic mass is 19.4. The number of fused-ring (bicyclic) bond motifs is 1. The first-order valence-corrected chi connectivity index (χ1v) is 5.41. The molecule has 1 amide bonds. The lowest BCUT2D eigenvalue weighted by atomic mass is 10.1. The maximum Gasteiger partial charge on any atom is 0.490 e. The topological polar surface area (TPSA) is 96.2 Å². The van der Waals surface area contributed by atoms with Gasteiger partial charge in [0.1, 0.15) is 11.5 Å². The lowest BCUT2D eigenvalue weighted by Gasteiger charge is -1.95. The number of carboxylic acid groups (broad SMARTS) is 1. The molecule has 1 heterocycles. The van der Waals surface area contributed by atoms with Crippen molar-refractivity contribution in [2.24, 2.45) is 5.73 Å². The number of carboxylic acids is 1. The zero-order chi connectivity index (χ0) is 16.4. The van der Waals surface area contributed by atoms with E-state index in [0.29, 0.717) is 10.9 Å². The van der Waals surface area contributed by atoms with Gasteiger partial charge in [0.25, 0.3) is 5.91 Å². The Bertz CT molecular complexity index is 653. The highest BCUT2D eigenvalue weighted by Gasteiger charge is 2.38. The number of primary amides is 1. The van der Waals surface area contributed by atoms with Crippen LogP contribution in [0, 0.1) is 12.7 Å². The number of halogens is 4. The number of aryl methyl sites for hydroxylation is 1. The van der Waals surface area contributed by atoms with E-state index in [1.165, 1.54) is 12.1 Å². The molecule has 2 rings (SSSR count). The van der Waals surface area contributed by atoms with Crippen molar-refractivity contribution >= 4 is 22.8 Å². The summed E-state index contributed by atoms with van der Waals surface area (Å²) in [4.78, 5) is 22.5. The highest BCUT2D eigenvalue weighted by molar-refractivity contribution is 5.97. The Morgan fingerprint density at radius 1 is 1.29 bits per heavy atom. The Morgan fingerprint density at radius 3 is 2.19 bits per heavy atom. The van der Waals surface area contributed by atoms with E-state index in [1.807, 2.05) is 6.92 Å². The maximum absolute atomic E-state index is 13.3. The predicted octanol–water partition coefficient (Wildman–Crippen LogP) is 2.35. The number of aliphatic carboxylic acids is 1. The number of alkyl halides is 3. The molecule has 0 atom stereocenters. The summed E-state index contributed by atoms with van der Waals surface area (Å²) in [6, 6.07) is 4.45. The summed E-state index contributed by atoms with van der Waals surface area (Å²) >= 11 is 0. The minimum Gasteiger partial charge on any atom is -0.475 e. The number of H-pyrrole nitrogens is 1. The fraction of sp³-hybridized carbons (Fsp3) is 0.167. The third kappa shape index (κ3) is 3.94. The van der Waals surface area contributed by atoms with E-state index in [1.54, 1.807) is 6.07 Å². The largest absolute Gasteiger partial charge is 0.490 e. The van der Waals surface area contributed by atoms with Crippen molar-refractivity contribution in [3.63, 3.8) is 0 Å². The Hall–Kier alpha value is -2.58. The molecule has 0 spiro atoms. The number of hydrogen-bond acceptors (Lipinski definition) is 2. The minimum atomic E-state index is -5.08. The molecule has 114 valence electrons. The van der Waals surface area contributed by atoms with Crippen molar-refractivity contribution in [1.29, 1.82) is 0 Å². The number of carbonyl (C=O) groups is 2. The second kappa shape index (κ2) is 5.81. The van der Waals surface area contributed by atoms with Gasteiger partial charge in [0.2, 0.25) is 0 Å². The van der Waals surface area contributed by atoms with Crippen LogP contribution in [0.25, 0.3) is 10.9 Å². The number of nitrogens with one attached hydrogen (secondary N) is 1. The van der Waals surface area contributed by atoms with Crippen LogP contribution in [0.15, 0.2) is 18.2 Å². The molecule has 1 aromatic heterocycles. The third-order valence-electron chi connectivity index (χ3n) is 2.46. The highest BCUT2D eigenvalue weighted by Crippen LogP contribution is 2.21. The van der Waals surface area contributed by atoms with Crippen molar-refractivity contribution in [3.8, 4) is 0 Å². The van der Waals surface area contributed by atoms with Gasteiger partial charge < -0.3 is 15.8 Å². The van der Waals surface area contributed by atoms with Crippen LogP contribution in [0.1, 0.15) is 16.1 Å². The zero-order valence-corrected chi connectivity index (χ0v) is 10.6. The van der Waals surface area contributed by atoms with Crippen LogP contribution >= 0.6 is 0 Å². The zero-order valence-electron chi connectivity index (χ0n) is 10.6. The van der Waals surface area contributed by atoms with E-state index >= 15 is 0 Å². The maximum atomic E-state index is 13.3. The summed E-state index contributed by atoms with van der Waals surface area (Å²) in [6.07, 6.45) is -5.08. The molecule has 2 aromatic rings. The Kier molecular flexibility index (Phi) is 4.56. The summed E-state index contributed by atoms with van der Waals surface area (Å²) in [5, 5.41) is 7.53. The second-order valence-electron chi connectivity index (χ2n) is 4.00. The summed E-state index contributed by atoms with van der Waals surface area (Å²) in [7, 11) is 0. The van der Waals surface area contributed by atoms with Gasteiger partial charge in [-0.05, 0) is 24.6 Å². The molecule has 0 radical (unpaired) electrons. The number of aromatic amines is 1. The van der Waals surface area contributed by atoms with E-state index in [4.69, 9.17) is 15.6 Å². The molecule has 1 aromatic carbocycles. The minimum absolute atomic E-state index is 0.230. The molecule has 5 nitrogen and oxygen atoms in total. The molecular weight excluding hydrogens is 296 g/mol. The van der Waals surface area contributed by atoms with Gasteiger partial charge in [0.15, 0.2) is 0 Å². The average Bonchev–Trinajstić information content (AvgIpc) is 2.80. The monoisotopic (exact) mass is 306 g/mol. The summed E-state index contributed by atoms with van der Waals surface area (Å²) in [5.41, 5.74) is 6.82. The van der Waals surface area contributed by atoms with E-state index in [2.05, 4.69) is 4.98 Å². The summed E-state index contributed by atoms with van der Waals surface area (Å²) in [5.74, 6) is -3.69. The molecule has 0 bridgehead atoms. The van der Waals surface area contributed by atoms with E-state index in [-0.39, 0.29) is 11.5 Å². The normalized spacial score (nSPS) is 10.9. The van der Waals surface area contributed by atoms with Gasteiger partial charge in [-0.3, -0.25) is 4.79 Å². The molecule has 0 aliphatic carbocycles. The molecule has 0 saturated heterocycles. The van der Waals surface area contributed by atoms with E-state index in [0.717, 1.165) is 5.56 Å². The van der Waals surface area contributed by atoms with Crippen molar-refractivity contribution in [2.75, 3.05) is 0 Å². The molecular formula is C12H10F4N2O3. The second-order valence-corrected chi connectivity index (χ2v) is 4.00. The van der Waals surface area contributed by atoms with Gasteiger partial charge in [-0.2, -0.15) is 13.2 Å². The molecule has 0 fully saturated rings. The number of benzene rings is 1. The Labute approximate surface area is 115 Å². The van der Waals surface area contributed by atoms with Crippen LogP contribution < -0.4 is 5.73 Å². The average molecular weight is 306 g/mol. The Morgan fingerprint density at radius 2 is 1.81 bits per heavy atom. The number of nitrogens with two attached hydrogens (primary N) is 1. The van der Waals surface area contributed by atoms with Crippen LogP contribution in [0.5, 0.6) is 0 Å². The van der Waals surface area contributed by atoms with Crippen molar-refractivity contribution in [3.05, 3.63) is 35.3 Å². The van der Waals surface area contributed by atoms with Crippen molar-refractivity contribution in [2.45, 2.75) is 13.1 Å². The van der Waals surface area contributed by atoms with Gasteiger partial charge >= 0.3 is 12.1 Å². The van der Waals surface area contributed by atoms with Gasteiger partial charge in [0, 0.05) is 5.39 Å². The molecule has 0 aliphatic heterocycles. The van der Waals surface area contributed by atoms with Crippen LogP contribution in [0.2, 0.25) is 0 Å². The number of hydrogen-bond donors (Lipinski definition) is 3. The SMILES string of the molecule is Cc1ccc(F)c2cc(C(N)=O)[nH]c12.O=C(O)C(F)(F)F. The molecule has 0 unspecified atom stereocenters. The smallest absolute Gasteiger partial charge is 0.475 e.